The van der Waals surface area contributed by atoms with Crippen molar-refractivity contribution in [1.82, 2.24) is 35.6 Å². The minimum atomic E-state index is -1.20. The Bertz CT molecular complexity index is 2100. The first kappa shape index (κ1) is 55.1. The summed E-state index contributed by atoms with van der Waals surface area (Å²) in [6, 6.07) is 4.83. The van der Waals surface area contributed by atoms with Gasteiger partial charge in [-0.05, 0) is 56.2 Å². The van der Waals surface area contributed by atoms with Crippen molar-refractivity contribution in [3.05, 3.63) is 47.7 Å². The molecule has 0 bridgehead atoms. The molecule has 0 saturated carbocycles. The number of carboxylic acids is 1. The molecule has 366 valence electrons. The van der Waals surface area contributed by atoms with Gasteiger partial charge in [-0.25, -0.2) is 0 Å². The van der Waals surface area contributed by atoms with Gasteiger partial charge in [-0.1, -0.05) is 72.7 Å². The lowest BCUT2D eigenvalue weighted by Gasteiger charge is -2.39. The summed E-state index contributed by atoms with van der Waals surface area (Å²) in [5, 5.41) is 21.1. The Morgan fingerprint density at radius 3 is 2.30 bits per heavy atom. The number of hydrogen-bond acceptors (Lipinski definition) is 12. The zero-order valence-electron chi connectivity index (χ0n) is 40.4. The molecule has 1 aliphatic heterocycles. The number of carbonyl (C=O) groups excluding carboxylic acids is 7. The van der Waals surface area contributed by atoms with Gasteiger partial charge in [-0.2, -0.15) is 0 Å². The van der Waals surface area contributed by atoms with E-state index >= 15 is 0 Å². The number of likely N-dealkylation sites (N-methyl/N-ethyl adjacent to an activating group) is 2. The highest BCUT2D eigenvalue weighted by molar-refractivity contribution is 8.00. The lowest BCUT2D eigenvalue weighted by atomic mass is 9.76. The van der Waals surface area contributed by atoms with Gasteiger partial charge in [0.15, 0.2) is 6.23 Å². The van der Waals surface area contributed by atoms with E-state index in [1.165, 1.54) is 0 Å². The van der Waals surface area contributed by atoms with Crippen LogP contribution in [-0.2, 0) is 55.6 Å². The molecule has 1 saturated heterocycles. The van der Waals surface area contributed by atoms with Crippen molar-refractivity contribution < 1.29 is 48.2 Å². The predicted octanol–water partition coefficient (Wildman–Crippen LogP) is 2.96. The van der Waals surface area contributed by atoms with Gasteiger partial charge in [-0.15, -0.1) is 11.8 Å². The number of likely N-dealkylation sites (tertiary alicyclic amines) is 1. The average Bonchev–Trinajstić information content (AvgIpc) is 3.73. The molecule has 6 atom stereocenters. The van der Waals surface area contributed by atoms with Gasteiger partial charge in [0, 0.05) is 80.3 Å². The molecule has 7 N–H and O–H groups in total. The smallest absolute Gasteiger partial charge is 0.321 e. The van der Waals surface area contributed by atoms with E-state index in [0.717, 1.165) is 33.1 Å². The SMILES string of the molecule is CN[C@H](C(=O)N[C@H](C(=O)N(C)[C@H](/C=C(\C)C(=O)NCCCC[C@@H](NC(=O)CCCN1C(=O)CC(SC[C@H](N)C(=O)O)C1=O)OC=O)C(C)C)C(C)(C)C)C(C)(C)c1cn(C)c2ccccc12. The van der Waals surface area contributed by atoms with E-state index < -0.39 is 70.2 Å². The number of benzene rings is 1. The van der Waals surface area contributed by atoms with Crippen molar-refractivity contribution >= 4 is 70.5 Å². The zero-order valence-corrected chi connectivity index (χ0v) is 41.2. The van der Waals surface area contributed by atoms with Crippen molar-refractivity contribution in [3.63, 3.8) is 0 Å². The number of rotatable bonds is 26. The maximum absolute atomic E-state index is 14.4. The number of fused-ring (bicyclic) bond motifs is 1. The van der Waals surface area contributed by atoms with Crippen LogP contribution in [0, 0.1) is 11.3 Å². The summed E-state index contributed by atoms with van der Waals surface area (Å²) in [5.74, 6) is -3.55. The number of ether oxygens (including phenoxy) is 1. The maximum atomic E-state index is 14.4. The van der Waals surface area contributed by atoms with Crippen LogP contribution in [-0.4, -0.2) is 136 Å². The van der Waals surface area contributed by atoms with Crippen LogP contribution in [0.2, 0.25) is 0 Å². The van der Waals surface area contributed by atoms with Crippen LogP contribution < -0.4 is 27.0 Å². The predicted molar refractivity (Wildman–Crippen MR) is 254 cm³/mol. The standard InChI is InChI=1S/C47H72N8O10S/c1-28(2)34(54(11)44(62)40(46(4,5)6)52-42(60)39(49-9)47(7,8)31-25-53(10)33-18-13-12-17-30(31)33)23-29(3)41(59)50-21-15-14-20-37(65-27-56)51-36(57)19-16-22-55-38(58)24-35(43(55)61)66-26-32(48)45(63)64/h12-13,17-18,23,25,27-28,32,34-35,37,39-40,49H,14-16,19-22,24,26,48H2,1-11H3,(H,50,59)(H,51,57)(H,52,60)(H,63,64)/b29-23+/t32-,34+,35?,37-,39+,40+/m0/s1. The Morgan fingerprint density at radius 1 is 1.03 bits per heavy atom. The number of thioether (sulfide) groups is 1. The molecule has 0 spiro atoms. The van der Waals surface area contributed by atoms with E-state index in [4.69, 9.17) is 15.6 Å². The molecule has 1 fully saturated rings. The Morgan fingerprint density at radius 2 is 1.70 bits per heavy atom. The van der Waals surface area contributed by atoms with Crippen LogP contribution in [0.1, 0.15) is 99.5 Å². The minimum absolute atomic E-state index is 0.00370. The van der Waals surface area contributed by atoms with Crippen molar-refractivity contribution in [2.24, 2.45) is 24.1 Å². The van der Waals surface area contributed by atoms with Crippen LogP contribution in [0.4, 0.5) is 0 Å². The fourth-order valence-corrected chi connectivity index (χ4v) is 9.25. The molecule has 1 aromatic heterocycles. The summed E-state index contributed by atoms with van der Waals surface area (Å²) in [5.41, 5.74) is 6.64. The van der Waals surface area contributed by atoms with Crippen LogP contribution in [0.5, 0.6) is 0 Å². The van der Waals surface area contributed by atoms with Crippen LogP contribution in [0.25, 0.3) is 10.9 Å². The number of para-hydroxylation sites is 1. The maximum Gasteiger partial charge on any atom is 0.321 e. The summed E-state index contributed by atoms with van der Waals surface area (Å²) >= 11 is 1.01. The molecule has 66 heavy (non-hydrogen) atoms. The fourth-order valence-electron chi connectivity index (χ4n) is 8.13. The van der Waals surface area contributed by atoms with Crippen molar-refractivity contribution in [2.45, 2.75) is 135 Å². The number of carbonyl (C=O) groups is 8. The molecule has 3 rings (SSSR count). The van der Waals surface area contributed by atoms with Crippen molar-refractivity contribution in [3.8, 4) is 0 Å². The molecule has 2 heterocycles. The molecular weight excluding hydrogens is 869 g/mol. The lowest BCUT2D eigenvalue weighted by molar-refractivity contribution is -0.141. The van der Waals surface area contributed by atoms with Gasteiger partial charge in [0.2, 0.25) is 35.4 Å². The number of aromatic nitrogens is 1. The molecule has 18 nitrogen and oxygen atoms in total. The Kier molecular flexibility index (Phi) is 20.4. The summed E-state index contributed by atoms with van der Waals surface area (Å²) < 4.78 is 7.11. The second-order valence-corrected chi connectivity index (χ2v) is 20.2. The van der Waals surface area contributed by atoms with Gasteiger partial charge in [0.25, 0.3) is 6.47 Å². The summed E-state index contributed by atoms with van der Waals surface area (Å²) in [4.78, 5) is 104. The van der Waals surface area contributed by atoms with Crippen molar-refractivity contribution in [1.29, 1.82) is 0 Å². The van der Waals surface area contributed by atoms with Crippen LogP contribution in [0.3, 0.4) is 0 Å². The summed E-state index contributed by atoms with van der Waals surface area (Å²) in [7, 11) is 5.40. The highest BCUT2D eigenvalue weighted by Crippen LogP contribution is 2.35. The largest absolute Gasteiger partial charge is 0.480 e. The van der Waals surface area contributed by atoms with Crippen LogP contribution >= 0.6 is 11.8 Å². The fraction of sp³-hybridized carbons (Fsp3) is 0.617. The number of imide groups is 1. The number of nitrogens with two attached hydrogens (primary N) is 1. The average molecular weight is 941 g/mol. The van der Waals surface area contributed by atoms with Crippen molar-refractivity contribution in [2.75, 3.05) is 32.9 Å². The first-order chi connectivity index (χ1) is 30.9. The highest BCUT2D eigenvalue weighted by atomic mass is 32.2. The van der Waals surface area contributed by atoms with E-state index in [0.29, 0.717) is 18.4 Å². The third-order valence-corrected chi connectivity index (χ3v) is 13.3. The van der Waals surface area contributed by atoms with Gasteiger partial charge < -0.3 is 46.3 Å². The number of carboxylic acid groups (broad SMARTS) is 1. The number of aryl methyl sites for hydroxylation is 1. The van der Waals surface area contributed by atoms with E-state index in [1.807, 2.05) is 90.5 Å². The number of unbranched alkanes of at least 4 members (excludes halogenated alkanes) is 1. The molecule has 1 aliphatic rings. The number of amides is 6. The van der Waals surface area contributed by atoms with E-state index in [-0.39, 0.29) is 74.6 Å². The number of hydrogen-bond donors (Lipinski definition) is 6. The lowest BCUT2D eigenvalue weighted by Crippen LogP contribution is -2.61. The molecular formula is C47H72N8O10S. The molecule has 19 heteroatoms. The number of nitrogens with one attached hydrogen (secondary N) is 4. The second-order valence-electron chi connectivity index (χ2n) is 19.0. The van der Waals surface area contributed by atoms with Crippen LogP contribution in [0.15, 0.2) is 42.1 Å². The first-order valence-corrected chi connectivity index (χ1v) is 23.5. The van der Waals surface area contributed by atoms with Gasteiger partial charge in [-0.3, -0.25) is 43.3 Å². The number of nitrogens with zero attached hydrogens (tertiary/aromatic N) is 3. The molecule has 2 aromatic rings. The minimum Gasteiger partial charge on any atom is -0.480 e. The quantitative estimate of drug-likeness (QED) is 0.0261. The molecule has 1 aromatic carbocycles. The third kappa shape index (κ3) is 14.6. The van der Waals surface area contributed by atoms with Gasteiger partial charge in [0.1, 0.15) is 12.1 Å². The summed E-state index contributed by atoms with van der Waals surface area (Å²) in [6.07, 6.45) is 4.15. The van der Waals surface area contributed by atoms with E-state index in [1.54, 1.807) is 32.0 Å². The van der Waals surface area contributed by atoms with Gasteiger partial charge >= 0.3 is 5.97 Å². The normalized spacial score (nSPS) is 17.0. The molecule has 0 aliphatic carbocycles. The Balaban J connectivity index is 1.54. The highest BCUT2D eigenvalue weighted by Gasteiger charge is 2.43. The Labute approximate surface area is 392 Å². The zero-order chi connectivity index (χ0) is 49.7. The summed E-state index contributed by atoms with van der Waals surface area (Å²) in [6.45, 7) is 15.8. The van der Waals surface area contributed by atoms with E-state index in [9.17, 15) is 38.4 Å². The molecule has 0 radical (unpaired) electrons. The Hall–Kier alpha value is -5.27. The topological polar surface area (TPSA) is 252 Å². The van der Waals surface area contributed by atoms with E-state index in [2.05, 4.69) is 21.3 Å². The molecule has 6 amide bonds. The monoisotopic (exact) mass is 941 g/mol. The third-order valence-electron chi connectivity index (χ3n) is 12.0. The first-order valence-electron chi connectivity index (χ1n) is 22.4. The molecule has 1 unspecified atom stereocenters. The second kappa shape index (κ2) is 24.5. The van der Waals surface area contributed by atoms with Gasteiger partial charge in [0.05, 0.1) is 17.3 Å². The number of aliphatic carboxylic acids is 1.